The molecule has 9 heteroatoms. The lowest BCUT2D eigenvalue weighted by atomic mass is 10.1. The van der Waals surface area contributed by atoms with E-state index in [1.54, 1.807) is 29.2 Å². The Kier molecular flexibility index (Phi) is 7.77. The molecule has 2 heterocycles. The van der Waals surface area contributed by atoms with Gasteiger partial charge in [0.1, 0.15) is 5.75 Å². The number of aromatic nitrogens is 2. The van der Waals surface area contributed by atoms with Crippen molar-refractivity contribution >= 4 is 17.5 Å². The molecule has 0 unspecified atom stereocenters. The highest BCUT2D eigenvalue weighted by molar-refractivity contribution is 6.03. The van der Waals surface area contributed by atoms with Gasteiger partial charge in [0.05, 0.1) is 30.1 Å². The predicted molar refractivity (Wildman–Crippen MR) is 130 cm³/mol. The number of hydrogen-bond acceptors (Lipinski definition) is 7. The van der Waals surface area contributed by atoms with Gasteiger partial charge in [0.15, 0.2) is 0 Å². The predicted octanol–water partition coefficient (Wildman–Crippen LogP) is 3.96. The van der Waals surface area contributed by atoms with Crippen LogP contribution >= 0.6 is 0 Å². The van der Waals surface area contributed by atoms with Gasteiger partial charge >= 0.3 is 0 Å². The van der Waals surface area contributed by atoms with Gasteiger partial charge in [0.2, 0.25) is 17.6 Å². The number of amides is 2. The molecule has 9 nitrogen and oxygen atoms in total. The molecule has 2 aromatic carbocycles. The van der Waals surface area contributed by atoms with Crippen molar-refractivity contribution in [2.45, 2.75) is 45.8 Å². The zero-order chi connectivity index (χ0) is 24.8. The van der Waals surface area contributed by atoms with Crippen molar-refractivity contribution in [2.75, 3.05) is 25.0 Å². The molecule has 1 saturated heterocycles. The van der Waals surface area contributed by atoms with Crippen molar-refractivity contribution < 1.29 is 23.6 Å². The van der Waals surface area contributed by atoms with Gasteiger partial charge in [0, 0.05) is 31.5 Å². The van der Waals surface area contributed by atoms with E-state index in [2.05, 4.69) is 15.5 Å². The van der Waals surface area contributed by atoms with Crippen LogP contribution in [0.3, 0.4) is 0 Å². The first-order valence-electron chi connectivity index (χ1n) is 11.8. The lowest BCUT2D eigenvalue weighted by Crippen LogP contribution is -2.48. The summed E-state index contributed by atoms with van der Waals surface area (Å²) in [6.45, 7) is 7.44. The minimum Gasteiger partial charge on any atom is -0.494 e. The van der Waals surface area contributed by atoms with Crippen LogP contribution in [0.25, 0.3) is 11.4 Å². The number of carbonyl (C=O) groups excluding carboxylic acids is 2. The molecule has 4 rings (SSSR count). The van der Waals surface area contributed by atoms with Crippen LogP contribution in [0.2, 0.25) is 0 Å². The first kappa shape index (κ1) is 24.4. The molecule has 0 spiro atoms. The molecule has 35 heavy (non-hydrogen) atoms. The van der Waals surface area contributed by atoms with E-state index in [0.717, 1.165) is 11.3 Å². The minimum absolute atomic E-state index is 0.0358. The van der Waals surface area contributed by atoms with Crippen molar-refractivity contribution in [2.24, 2.45) is 0 Å². The molecule has 2 amide bonds. The van der Waals surface area contributed by atoms with Crippen molar-refractivity contribution in [3.05, 3.63) is 60.0 Å². The molecule has 1 aliphatic rings. The highest BCUT2D eigenvalue weighted by Gasteiger charge is 2.28. The van der Waals surface area contributed by atoms with Gasteiger partial charge in [-0.15, -0.1) is 0 Å². The summed E-state index contributed by atoms with van der Waals surface area (Å²) in [5.41, 5.74) is 1.74. The van der Waals surface area contributed by atoms with Crippen LogP contribution in [0.1, 0.15) is 43.4 Å². The molecule has 1 aromatic heterocycles. The minimum atomic E-state index is -0.241. The lowest BCUT2D eigenvalue weighted by molar-refractivity contribution is -0.116. The lowest BCUT2D eigenvalue weighted by Gasteiger charge is -2.35. The molecule has 1 N–H and O–H groups in total. The summed E-state index contributed by atoms with van der Waals surface area (Å²) in [5, 5.41) is 6.86. The summed E-state index contributed by atoms with van der Waals surface area (Å²) in [6, 6.07) is 14.4. The Bertz CT molecular complexity index is 1150. The quantitative estimate of drug-likeness (QED) is 0.522. The van der Waals surface area contributed by atoms with E-state index in [0.29, 0.717) is 42.7 Å². The molecule has 0 radical (unpaired) electrons. The third-order valence-electron chi connectivity index (χ3n) is 5.60. The van der Waals surface area contributed by atoms with Gasteiger partial charge in [0.25, 0.3) is 5.91 Å². The maximum atomic E-state index is 13.1. The van der Waals surface area contributed by atoms with Crippen LogP contribution in [0.4, 0.5) is 5.69 Å². The Morgan fingerprint density at radius 1 is 1.09 bits per heavy atom. The summed E-state index contributed by atoms with van der Waals surface area (Å²) < 4.78 is 16.5. The Hall–Kier alpha value is -3.72. The van der Waals surface area contributed by atoms with Crippen LogP contribution in [-0.2, 0) is 16.0 Å². The second kappa shape index (κ2) is 11.1. The van der Waals surface area contributed by atoms with E-state index in [-0.39, 0.29) is 36.9 Å². The highest BCUT2D eigenvalue weighted by atomic mass is 16.5. The largest absolute Gasteiger partial charge is 0.494 e. The number of benzene rings is 2. The molecule has 184 valence electrons. The van der Waals surface area contributed by atoms with E-state index in [4.69, 9.17) is 14.0 Å². The molecular weight excluding hydrogens is 448 g/mol. The number of ether oxygens (including phenoxy) is 2. The highest BCUT2D eigenvalue weighted by Crippen LogP contribution is 2.22. The fraction of sp³-hybridized carbons (Fsp3) is 0.385. The van der Waals surface area contributed by atoms with Crippen LogP contribution < -0.4 is 10.1 Å². The molecule has 0 aliphatic carbocycles. The second-order valence-electron chi connectivity index (χ2n) is 8.53. The van der Waals surface area contributed by atoms with Crippen LogP contribution in [-0.4, -0.2) is 58.8 Å². The van der Waals surface area contributed by atoms with Crippen molar-refractivity contribution in [1.29, 1.82) is 0 Å². The molecule has 3 aromatic rings. The average molecular weight is 479 g/mol. The number of nitrogens with one attached hydrogen (secondary N) is 1. The number of anilines is 1. The van der Waals surface area contributed by atoms with Gasteiger partial charge in [-0.3, -0.25) is 9.59 Å². The monoisotopic (exact) mass is 478 g/mol. The van der Waals surface area contributed by atoms with E-state index in [9.17, 15) is 9.59 Å². The molecule has 1 fully saturated rings. The fourth-order valence-electron chi connectivity index (χ4n) is 4.07. The van der Waals surface area contributed by atoms with Gasteiger partial charge in [-0.05, 0) is 57.2 Å². The summed E-state index contributed by atoms with van der Waals surface area (Å²) in [6.07, 6.45) is 0.349. The van der Waals surface area contributed by atoms with Gasteiger partial charge in [-0.1, -0.05) is 17.3 Å². The number of carbonyl (C=O) groups is 2. The van der Waals surface area contributed by atoms with Gasteiger partial charge in [-0.2, -0.15) is 4.98 Å². The summed E-state index contributed by atoms with van der Waals surface area (Å²) in [5.74, 6) is 1.22. The summed E-state index contributed by atoms with van der Waals surface area (Å²) in [4.78, 5) is 32.0. The Morgan fingerprint density at radius 3 is 2.51 bits per heavy atom. The van der Waals surface area contributed by atoms with Crippen molar-refractivity contribution in [3.63, 3.8) is 0 Å². The van der Waals surface area contributed by atoms with Crippen LogP contribution in [0.15, 0.2) is 53.1 Å². The molecule has 0 bridgehead atoms. The van der Waals surface area contributed by atoms with Crippen LogP contribution in [0.5, 0.6) is 5.75 Å². The number of rotatable bonds is 8. The Morgan fingerprint density at radius 2 is 1.80 bits per heavy atom. The topological polar surface area (TPSA) is 107 Å². The van der Waals surface area contributed by atoms with Gasteiger partial charge < -0.3 is 24.2 Å². The zero-order valence-electron chi connectivity index (χ0n) is 20.2. The molecule has 1 aliphatic heterocycles. The molecular formula is C26H30N4O5. The van der Waals surface area contributed by atoms with E-state index < -0.39 is 0 Å². The summed E-state index contributed by atoms with van der Waals surface area (Å²) in [7, 11) is 0. The normalized spacial score (nSPS) is 17.7. The van der Waals surface area contributed by atoms with Crippen molar-refractivity contribution in [1.82, 2.24) is 15.0 Å². The Labute approximate surface area is 204 Å². The fourth-order valence-corrected chi connectivity index (χ4v) is 4.07. The first-order valence-corrected chi connectivity index (χ1v) is 11.8. The van der Waals surface area contributed by atoms with Crippen molar-refractivity contribution in [3.8, 4) is 17.1 Å². The average Bonchev–Trinajstić information content (AvgIpc) is 3.32. The third-order valence-corrected chi connectivity index (χ3v) is 5.60. The number of para-hydroxylation sites is 1. The van der Waals surface area contributed by atoms with E-state index in [1.165, 1.54) is 0 Å². The van der Waals surface area contributed by atoms with Crippen LogP contribution in [0, 0.1) is 0 Å². The molecule has 0 saturated carbocycles. The van der Waals surface area contributed by atoms with E-state index >= 15 is 0 Å². The number of morpholine rings is 1. The Balaban J connectivity index is 1.35. The standard InChI is InChI=1S/C26H30N4O5/c1-4-33-20-11-9-19(10-12-20)25-28-24(35-29-25)14-13-23(31)27-22-8-6-5-7-21(22)26(32)30-15-17(2)34-18(3)16-30/h5-12,17-18H,4,13-16H2,1-3H3,(H,27,31)/t17-,18-/m1/s1. The van der Waals surface area contributed by atoms with Gasteiger partial charge in [-0.25, -0.2) is 0 Å². The summed E-state index contributed by atoms with van der Waals surface area (Å²) >= 11 is 0. The smallest absolute Gasteiger partial charge is 0.256 e. The number of hydrogen-bond donors (Lipinski definition) is 1. The first-order chi connectivity index (χ1) is 16.9. The number of aryl methyl sites for hydroxylation is 1. The number of nitrogens with zero attached hydrogens (tertiary/aromatic N) is 3. The molecule has 2 atom stereocenters. The SMILES string of the molecule is CCOc1ccc(-c2noc(CCC(=O)Nc3ccccc3C(=O)N3C[C@@H](C)O[C@H](C)C3)n2)cc1. The van der Waals surface area contributed by atoms with E-state index in [1.807, 2.05) is 45.0 Å². The zero-order valence-corrected chi connectivity index (χ0v) is 20.2. The maximum absolute atomic E-state index is 13.1. The maximum Gasteiger partial charge on any atom is 0.256 e. The third kappa shape index (κ3) is 6.24. The second-order valence-corrected chi connectivity index (χ2v) is 8.53.